The Hall–Kier alpha value is -2.21. The summed E-state index contributed by atoms with van der Waals surface area (Å²) in [5, 5.41) is 7.49. The molecule has 2 aromatic rings. The predicted molar refractivity (Wildman–Crippen MR) is 90.4 cm³/mol. The van der Waals surface area contributed by atoms with E-state index in [9.17, 15) is 4.79 Å². The van der Waals surface area contributed by atoms with E-state index in [0.29, 0.717) is 6.61 Å². The number of nitrogens with zero attached hydrogens (tertiary/aromatic N) is 3. The third kappa shape index (κ3) is 3.64. The number of aryl methyl sites for hydroxylation is 1. The lowest BCUT2D eigenvalue weighted by atomic mass is 9.96. The van der Waals surface area contributed by atoms with Crippen molar-refractivity contribution in [3.63, 3.8) is 0 Å². The maximum atomic E-state index is 12.6. The van der Waals surface area contributed by atoms with Crippen LogP contribution in [0.2, 0.25) is 0 Å². The van der Waals surface area contributed by atoms with Crippen molar-refractivity contribution in [1.29, 1.82) is 0 Å². The van der Waals surface area contributed by atoms with Gasteiger partial charge in [-0.2, -0.15) is 5.10 Å². The number of amides is 1. The van der Waals surface area contributed by atoms with E-state index in [1.165, 1.54) is 0 Å². The van der Waals surface area contributed by atoms with Crippen LogP contribution in [0.3, 0.4) is 0 Å². The van der Waals surface area contributed by atoms with Gasteiger partial charge in [0.1, 0.15) is 6.10 Å². The molecule has 1 aliphatic rings. The SMILES string of the molecule is CCn1cc([C@H]2OCCC[C@@H]2NC(=O)[C@@H](C)c2cccnc2)cn1. The zero-order valence-electron chi connectivity index (χ0n) is 14.2. The molecule has 0 aliphatic carbocycles. The predicted octanol–water partition coefficient (Wildman–Crippen LogP) is 2.44. The van der Waals surface area contributed by atoms with E-state index in [1.807, 2.05) is 43.1 Å². The van der Waals surface area contributed by atoms with Gasteiger partial charge in [0.15, 0.2) is 0 Å². The van der Waals surface area contributed by atoms with Crippen LogP contribution in [0.25, 0.3) is 0 Å². The van der Waals surface area contributed by atoms with Gasteiger partial charge in [-0.1, -0.05) is 6.07 Å². The Morgan fingerprint density at radius 3 is 3.08 bits per heavy atom. The van der Waals surface area contributed by atoms with Crippen molar-refractivity contribution in [2.75, 3.05) is 6.61 Å². The molecule has 1 fully saturated rings. The minimum absolute atomic E-state index is 0.00591. The summed E-state index contributed by atoms with van der Waals surface area (Å²) < 4.78 is 7.82. The van der Waals surface area contributed by atoms with Crippen LogP contribution in [0.5, 0.6) is 0 Å². The first kappa shape index (κ1) is 16.6. The van der Waals surface area contributed by atoms with Crippen LogP contribution >= 0.6 is 0 Å². The molecule has 0 saturated carbocycles. The number of ether oxygens (including phenoxy) is 1. The maximum absolute atomic E-state index is 12.6. The van der Waals surface area contributed by atoms with E-state index in [4.69, 9.17) is 4.74 Å². The number of carbonyl (C=O) groups is 1. The van der Waals surface area contributed by atoms with Gasteiger partial charge < -0.3 is 10.1 Å². The minimum Gasteiger partial charge on any atom is -0.371 e. The van der Waals surface area contributed by atoms with E-state index in [2.05, 4.69) is 15.4 Å². The van der Waals surface area contributed by atoms with Crippen molar-refractivity contribution in [2.24, 2.45) is 0 Å². The van der Waals surface area contributed by atoms with Gasteiger partial charge in [0, 0.05) is 37.3 Å². The second kappa shape index (κ2) is 7.57. The molecule has 0 unspecified atom stereocenters. The topological polar surface area (TPSA) is 69.0 Å². The van der Waals surface area contributed by atoms with Gasteiger partial charge in [-0.25, -0.2) is 0 Å². The molecule has 0 bridgehead atoms. The van der Waals surface area contributed by atoms with Gasteiger partial charge in [-0.3, -0.25) is 14.5 Å². The van der Waals surface area contributed by atoms with Crippen LogP contribution in [0, 0.1) is 0 Å². The number of pyridine rings is 1. The number of carbonyl (C=O) groups excluding carboxylic acids is 1. The molecule has 1 saturated heterocycles. The van der Waals surface area contributed by atoms with E-state index in [1.54, 1.807) is 12.4 Å². The lowest BCUT2D eigenvalue weighted by Gasteiger charge is -2.32. The van der Waals surface area contributed by atoms with Gasteiger partial charge in [0.05, 0.1) is 18.2 Å². The highest BCUT2D eigenvalue weighted by Crippen LogP contribution is 2.29. The van der Waals surface area contributed by atoms with Crippen molar-refractivity contribution >= 4 is 5.91 Å². The second-order valence-corrected chi connectivity index (χ2v) is 6.19. The van der Waals surface area contributed by atoms with Crippen LogP contribution in [0.15, 0.2) is 36.9 Å². The highest BCUT2D eigenvalue weighted by Gasteiger charge is 2.31. The zero-order chi connectivity index (χ0) is 16.9. The van der Waals surface area contributed by atoms with Crippen molar-refractivity contribution in [2.45, 2.75) is 51.3 Å². The number of aromatic nitrogens is 3. The highest BCUT2D eigenvalue weighted by atomic mass is 16.5. The molecule has 6 nitrogen and oxygen atoms in total. The van der Waals surface area contributed by atoms with Crippen LogP contribution in [-0.2, 0) is 16.1 Å². The third-order valence-electron chi connectivity index (χ3n) is 4.53. The fourth-order valence-electron chi connectivity index (χ4n) is 3.05. The van der Waals surface area contributed by atoms with Gasteiger partial charge in [-0.15, -0.1) is 0 Å². The molecule has 6 heteroatoms. The standard InChI is InChI=1S/C18H24N4O2/c1-3-22-12-15(11-20-22)17-16(7-5-9-24-17)21-18(23)13(2)14-6-4-8-19-10-14/h4,6,8,10-13,16-17H,3,5,7,9H2,1-2H3,(H,21,23)/t13-,16-,17+/m0/s1. The van der Waals surface area contributed by atoms with Crippen molar-refractivity contribution in [3.05, 3.63) is 48.0 Å². The lowest BCUT2D eigenvalue weighted by molar-refractivity contribution is -0.125. The summed E-state index contributed by atoms with van der Waals surface area (Å²) in [6, 6.07) is 3.75. The summed E-state index contributed by atoms with van der Waals surface area (Å²) in [4.78, 5) is 16.7. The Bertz CT molecular complexity index is 671. The summed E-state index contributed by atoms with van der Waals surface area (Å²) in [5.41, 5.74) is 1.94. The van der Waals surface area contributed by atoms with Crippen LogP contribution < -0.4 is 5.32 Å². The van der Waals surface area contributed by atoms with E-state index >= 15 is 0 Å². The molecular formula is C18H24N4O2. The number of nitrogens with one attached hydrogen (secondary N) is 1. The molecule has 1 N–H and O–H groups in total. The molecular weight excluding hydrogens is 304 g/mol. The molecule has 3 atom stereocenters. The average Bonchev–Trinajstić information content (AvgIpc) is 3.11. The third-order valence-corrected chi connectivity index (χ3v) is 4.53. The van der Waals surface area contributed by atoms with E-state index in [-0.39, 0.29) is 24.0 Å². The molecule has 128 valence electrons. The van der Waals surface area contributed by atoms with Gasteiger partial charge in [0.25, 0.3) is 0 Å². The first-order valence-corrected chi connectivity index (χ1v) is 8.53. The van der Waals surface area contributed by atoms with Gasteiger partial charge in [0.2, 0.25) is 5.91 Å². The second-order valence-electron chi connectivity index (χ2n) is 6.19. The Labute approximate surface area is 142 Å². The molecule has 0 radical (unpaired) electrons. The molecule has 1 amide bonds. The number of rotatable bonds is 5. The average molecular weight is 328 g/mol. The number of hydrogen-bond donors (Lipinski definition) is 1. The Morgan fingerprint density at radius 1 is 1.50 bits per heavy atom. The Kier molecular flexibility index (Phi) is 5.25. The van der Waals surface area contributed by atoms with Gasteiger partial charge >= 0.3 is 0 Å². The number of hydrogen-bond acceptors (Lipinski definition) is 4. The molecule has 1 aliphatic heterocycles. The molecule has 0 aromatic carbocycles. The molecule has 3 rings (SSSR count). The van der Waals surface area contributed by atoms with Crippen molar-refractivity contribution < 1.29 is 9.53 Å². The molecule has 2 aromatic heterocycles. The van der Waals surface area contributed by atoms with Gasteiger partial charge in [-0.05, 0) is 38.3 Å². The Balaban J connectivity index is 1.70. The summed E-state index contributed by atoms with van der Waals surface area (Å²) >= 11 is 0. The summed E-state index contributed by atoms with van der Waals surface area (Å²) in [6.45, 7) is 5.49. The van der Waals surface area contributed by atoms with E-state index < -0.39 is 0 Å². The van der Waals surface area contributed by atoms with Crippen LogP contribution in [0.4, 0.5) is 0 Å². The fraction of sp³-hybridized carbons (Fsp3) is 0.500. The largest absolute Gasteiger partial charge is 0.371 e. The van der Waals surface area contributed by atoms with Crippen LogP contribution in [-0.4, -0.2) is 33.3 Å². The first-order chi connectivity index (χ1) is 11.7. The first-order valence-electron chi connectivity index (χ1n) is 8.53. The summed E-state index contributed by atoms with van der Waals surface area (Å²) in [5.74, 6) is -0.231. The van der Waals surface area contributed by atoms with Crippen LogP contribution in [0.1, 0.15) is 49.8 Å². The molecule has 24 heavy (non-hydrogen) atoms. The summed E-state index contributed by atoms with van der Waals surface area (Å²) in [6.07, 6.45) is 9.01. The zero-order valence-corrected chi connectivity index (χ0v) is 14.2. The van der Waals surface area contributed by atoms with Crippen molar-refractivity contribution in [3.8, 4) is 0 Å². The maximum Gasteiger partial charge on any atom is 0.227 e. The monoisotopic (exact) mass is 328 g/mol. The summed E-state index contributed by atoms with van der Waals surface area (Å²) in [7, 11) is 0. The lowest BCUT2D eigenvalue weighted by Crippen LogP contribution is -2.44. The minimum atomic E-state index is -0.236. The highest BCUT2D eigenvalue weighted by molar-refractivity contribution is 5.83. The fourth-order valence-corrected chi connectivity index (χ4v) is 3.05. The van der Waals surface area contributed by atoms with Crippen molar-refractivity contribution in [1.82, 2.24) is 20.1 Å². The normalized spacial score (nSPS) is 22.1. The quantitative estimate of drug-likeness (QED) is 0.915. The smallest absolute Gasteiger partial charge is 0.227 e. The van der Waals surface area contributed by atoms with E-state index in [0.717, 1.165) is 30.5 Å². The molecule has 0 spiro atoms. The Morgan fingerprint density at radius 2 is 2.38 bits per heavy atom. The molecule has 3 heterocycles.